The second-order valence-electron chi connectivity index (χ2n) is 4.14. The van der Waals surface area contributed by atoms with E-state index in [0.29, 0.717) is 24.5 Å². The number of ketones is 1. The highest BCUT2D eigenvalue weighted by atomic mass is 32.1. The van der Waals surface area contributed by atoms with E-state index < -0.39 is 23.1 Å². The van der Waals surface area contributed by atoms with Gasteiger partial charge in [-0.3, -0.25) is 9.69 Å². The third-order valence-corrected chi connectivity index (χ3v) is 3.94. The normalized spacial score (nSPS) is 21.6. The molecule has 1 atom stereocenters. The molecule has 4 nitrogen and oxygen atoms in total. The molecule has 1 aromatic rings. The number of likely N-dealkylation sites (N-methyl/N-ethyl adjacent to an activating group) is 1. The number of carbonyl (C=O) groups is 1. The minimum Gasteiger partial charge on any atom is -0.367 e. The Kier molecular flexibility index (Phi) is 4.22. The number of aromatic nitrogens is 1. The SMILES string of the molecule is CCN1CCOC(C(=O)c2cnc(C(F)(F)F)s2)C1. The van der Waals surface area contributed by atoms with E-state index >= 15 is 0 Å². The van der Waals surface area contributed by atoms with E-state index in [9.17, 15) is 18.0 Å². The maximum absolute atomic E-state index is 12.4. The largest absolute Gasteiger partial charge is 0.443 e. The summed E-state index contributed by atoms with van der Waals surface area (Å²) in [6, 6.07) is 0. The maximum Gasteiger partial charge on any atom is 0.443 e. The second kappa shape index (κ2) is 5.56. The molecule has 0 radical (unpaired) electrons. The van der Waals surface area contributed by atoms with Gasteiger partial charge in [-0.15, -0.1) is 11.3 Å². The standard InChI is InChI=1S/C11H13F3N2O2S/c1-2-16-3-4-18-7(6-16)9(17)8-5-15-10(19-8)11(12,13)14/h5,7H,2-4,6H2,1H3. The number of hydrogen-bond donors (Lipinski definition) is 0. The van der Waals surface area contributed by atoms with E-state index in [2.05, 4.69) is 4.98 Å². The Labute approximate surface area is 112 Å². The number of Topliss-reactive ketones (excluding diaryl/α,β-unsaturated/α-hetero) is 1. The van der Waals surface area contributed by atoms with Crippen LogP contribution in [0.2, 0.25) is 0 Å². The Morgan fingerprint density at radius 2 is 2.37 bits per heavy atom. The minimum atomic E-state index is -4.51. The van der Waals surface area contributed by atoms with Gasteiger partial charge in [-0.2, -0.15) is 13.2 Å². The summed E-state index contributed by atoms with van der Waals surface area (Å²) in [7, 11) is 0. The molecule has 2 rings (SSSR count). The number of hydrogen-bond acceptors (Lipinski definition) is 5. The van der Waals surface area contributed by atoms with Gasteiger partial charge in [0, 0.05) is 19.3 Å². The van der Waals surface area contributed by atoms with Crippen LogP contribution in [0, 0.1) is 0 Å². The van der Waals surface area contributed by atoms with Crippen LogP contribution in [0.15, 0.2) is 6.20 Å². The van der Waals surface area contributed by atoms with Crippen molar-refractivity contribution in [3.63, 3.8) is 0 Å². The molecule has 1 aromatic heterocycles. The van der Waals surface area contributed by atoms with Gasteiger partial charge >= 0.3 is 6.18 Å². The molecule has 0 aliphatic carbocycles. The van der Waals surface area contributed by atoms with E-state index in [-0.39, 0.29) is 4.88 Å². The van der Waals surface area contributed by atoms with Crippen LogP contribution in [0.5, 0.6) is 0 Å². The van der Waals surface area contributed by atoms with Gasteiger partial charge in [0.25, 0.3) is 0 Å². The summed E-state index contributed by atoms with van der Waals surface area (Å²) in [6.45, 7) is 4.30. The lowest BCUT2D eigenvalue weighted by Crippen LogP contribution is -2.45. The van der Waals surface area contributed by atoms with Gasteiger partial charge in [0.2, 0.25) is 5.78 Å². The zero-order valence-corrected chi connectivity index (χ0v) is 11.1. The van der Waals surface area contributed by atoms with Crippen molar-refractivity contribution >= 4 is 17.1 Å². The first-order chi connectivity index (χ1) is 8.91. The molecule has 0 spiro atoms. The Balaban J connectivity index is 2.09. The van der Waals surface area contributed by atoms with E-state index in [1.165, 1.54) is 0 Å². The zero-order chi connectivity index (χ0) is 14.0. The molecule has 1 fully saturated rings. The molecule has 2 heterocycles. The first kappa shape index (κ1) is 14.4. The average molecular weight is 294 g/mol. The molecular weight excluding hydrogens is 281 g/mol. The molecule has 1 aliphatic heterocycles. The molecule has 0 saturated carbocycles. The summed E-state index contributed by atoms with van der Waals surface area (Å²) in [4.78, 5) is 17.3. The van der Waals surface area contributed by atoms with Gasteiger partial charge in [0.15, 0.2) is 5.01 Å². The first-order valence-electron chi connectivity index (χ1n) is 5.83. The lowest BCUT2D eigenvalue weighted by Gasteiger charge is -2.30. The molecule has 0 amide bonds. The summed E-state index contributed by atoms with van der Waals surface area (Å²) < 4.78 is 42.6. The highest BCUT2D eigenvalue weighted by Crippen LogP contribution is 2.33. The van der Waals surface area contributed by atoms with Crippen molar-refractivity contribution < 1.29 is 22.7 Å². The second-order valence-corrected chi connectivity index (χ2v) is 5.17. The molecule has 1 unspecified atom stereocenters. The molecule has 0 bridgehead atoms. The summed E-state index contributed by atoms with van der Waals surface area (Å²) in [5.74, 6) is -0.425. The number of rotatable bonds is 3. The van der Waals surface area contributed by atoms with Crippen molar-refractivity contribution in [2.24, 2.45) is 0 Å². The Bertz CT molecular complexity index is 461. The van der Waals surface area contributed by atoms with Crippen LogP contribution in [-0.2, 0) is 10.9 Å². The zero-order valence-electron chi connectivity index (χ0n) is 10.2. The quantitative estimate of drug-likeness (QED) is 0.800. The van der Waals surface area contributed by atoms with E-state index in [0.717, 1.165) is 19.3 Å². The van der Waals surface area contributed by atoms with Crippen LogP contribution >= 0.6 is 11.3 Å². The van der Waals surface area contributed by atoms with Crippen molar-refractivity contribution in [3.8, 4) is 0 Å². The Hall–Kier alpha value is -0.990. The summed E-state index contributed by atoms with van der Waals surface area (Å²) in [6.07, 6.45) is -4.23. The van der Waals surface area contributed by atoms with E-state index in [1.807, 2.05) is 11.8 Å². The fourth-order valence-corrected chi connectivity index (χ4v) is 2.59. The van der Waals surface area contributed by atoms with Gasteiger partial charge in [-0.1, -0.05) is 6.92 Å². The monoisotopic (exact) mass is 294 g/mol. The summed E-state index contributed by atoms with van der Waals surface area (Å²) >= 11 is 0.366. The first-order valence-corrected chi connectivity index (χ1v) is 6.64. The summed E-state index contributed by atoms with van der Waals surface area (Å²) in [5, 5.41) is -1.00. The number of thiazole rings is 1. The van der Waals surface area contributed by atoms with Crippen LogP contribution in [0.25, 0.3) is 0 Å². The fraction of sp³-hybridized carbons (Fsp3) is 0.636. The third kappa shape index (κ3) is 3.31. The topological polar surface area (TPSA) is 42.4 Å². The van der Waals surface area contributed by atoms with Gasteiger partial charge in [0.1, 0.15) is 6.10 Å². The Morgan fingerprint density at radius 1 is 1.63 bits per heavy atom. The fourth-order valence-electron chi connectivity index (χ4n) is 1.83. The van der Waals surface area contributed by atoms with Crippen molar-refractivity contribution in [2.45, 2.75) is 19.2 Å². The average Bonchev–Trinajstić information content (AvgIpc) is 2.87. The molecule has 19 heavy (non-hydrogen) atoms. The lowest BCUT2D eigenvalue weighted by atomic mass is 10.1. The lowest BCUT2D eigenvalue weighted by molar-refractivity contribution is -0.137. The van der Waals surface area contributed by atoms with Crippen LogP contribution in [0.1, 0.15) is 21.6 Å². The van der Waals surface area contributed by atoms with Crippen LogP contribution < -0.4 is 0 Å². The molecule has 0 N–H and O–H groups in total. The van der Waals surface area contributed by atoms with Crippen LogP contribution in [0.4, 0.5) is 13.2 Å². The predicted molar refractivity (Wildman–Crippen MR) is 63.3 cm³/mol. The molecule has 0 aromatic carbocycles. The van der Waals surface area contributed by atoms with Crippen LogP contribution in [0.3, 0.4) is 0 Å². The molecule has 1 saturated heterocycles. The van der Waals surface area contributed by atoms with Gasteiger partial charge in [-0.25, -0.2) is 4.98 Å². The van der Waals surface area contributed by atoms with Gasteiger partial charge in [0.05, 0.1) is 11.5 Å². The van der Waals surface area contributed by atoms with Crippen molar-refractivity contribution in [3.05, 3.63) is 16.1 Å². The van der Waals surface area contributed by atoms with Gasteiger partial charge < -0.3 is 4.74 Å². The highest BCUT2D eigenvalue weighted by Gasteiger charge is 2.36. The number of ether oxygens (including phenoxy) is 1. The predicted octanol–water partition coefficient (Wildman–Crippen LogP) is 2.07. The van der Waals surface area contributed by atoms with Crippen LogP contribution in [-0.4, -0.2) is 48.0 Å². The van der Waals surface area contributed by atoms with Gasteiger partial charge in [-0.05, 0) is 6.54 Å². The Morgan fingerprint density at radius 3 is 2.95 bits per heavy atom. The molecule has 8 heteroatoms. The molecule has 1 aliphatic rings. The van der Waals surface area contributed by atoms with Crippen molar-refractivity contribution in [1.82, 2.24) is 9.88 Å². The molecular formula is C11H13F3N2O2S. The van der Waals surface area contributed by atoms with E-state index in [4.69, 9.17) is 4.74 Å². The number of halogens is 3. The minimum absolute atomic E-state index is 0.00437. The molecule has 106 valence electrons. The number of carbonyl (C=O) groups excluding carboxylic acids is 1. The number of alkyl halides is 3. The maximum atomic E-state index is 12.4. The number of nitrogens with zero attached hydrogens (tertiary/aromatic N) is 2. The van der Waals surface area contributed by atoms with Crippen molar-refractivity contribution in [2.75, 3.05) is 26.2 Å². The van der Waals surface area contributed by atoms with Crippen molar-refractivity contribution in [1.29, 1.82) is 0 Å². The third-order valence-electron chi connectivity index (χ3n) is 2.88. The van der Waals surface area contributed by atoms with E-state index in [1.54, 1.807) is 0 Å². The highest BCUT2D eigenvalue weighted by molar-refractivity contribution is 7.13. The smallest absolute Gasteiger partial charge is 0.367 e. The number of morpholine rings is 1. The summed E-state index contributed by atoms with van der Waals surface area (Å²) in [5.41, 5.74) is 0.